The molecule has 10 heavy (non-hydrogen) atoms. The summed E-state index contributed by atoms with van der Waals surface area (Å²) >= 11 is 0. The third-order valence-corrected chi connectivity index (χ3v) is 1.34. The van der Waals surface area contributed by atoms with E-state index in [0.717, 1.165) is 0 Å². The van der Waals surface area contributed by atoms with E-state index in [4.69, 9.17) is 9.84 Å². The lowest BCUT2D eigenvalue weighted by Crippen LogP contribution is -2.48. The third-order valence-electron chi connectivity index (χ3n) is 1.34. The van der Waals surface area contributed by atoms with Crippen molar-refractivity contribution >= 4 is 0 Å². The van der Waals surface area contributed by atoms with Gasteiger partial charge in [0.2, 0.25) is 0 Å². The molecule has 0 heterocycles. The van der Waals surface area contributed by atoms with Crippen LogP contribution in [-0.2, 0) is 4.74 Å². The summed E-state index contributed by atoms with van der Waals surface area (Å²) in [5, 5.41) is 11.9. The second-order valence-electron chi connectivity index (χ2n) is 3.06. The van der Waals surface area contributed by atoms with Gasteiger partial charge >= 0.3 is 0 Å². The Hall–Kier alpha value is -0.120. The van der Waals surface area contributed by atoms with E-state index >= 15 is 0 Å². The maximum absolute atomic E-state index is 8.82. The van der Waals surface area contributed by atoms with Crippen LogP contribution in [-0.4, -0.2) is 30.6 Å². The van der Waals surface area contributed by atoms with Crippen LogP contribution in [0.15, 0.2) is 0 Å². The zero-order chi connectivity index (χ0) is 8.20. The number of methoxy groups -OCH3 is 1. The summed E-state index contributed by atoms with van der Waals surface area (Å²) in [6, 6.07) is 0. The van der Waals surface area contributed by atoms with Gasteiger partial charge in [-0.15, -0.1) is 0 Å². The number of rotatable bonds is 4. The fourth-order valence-corrected chi connectivity index (χ4v) is 0.655. The molecule has 0 saturated carbocycles. The highest BCUT2D eigenvalue weighted by molar-refractivity contribution is 4.76. The van der Waals surface area contributed by atoms with Crippen molar-refractivity contribution in [3.63, 3.8) is 0 Å². The average molecular weight is 147 g/mol. The minimum Gasteiger partial charge on any atom is -0.394 e. The zero-order valence-corrected chi connectivity index (χ0v) is 7.14. The second-order valence-corrected chi connectivity index (χ2v) is 3.06. The van der Waals surface area contributed by atoms with Crippen molar-refractivity contribution in [1.29, 1.82) is 0 Å². The molecule has 2 N–H and O–H groups in total. The summed E-state index contributed by atoms with van der Waals surface area (Å²) in [5.41, 5.74) is -0.255. The molecule has 0 aromatic rings. The summed E-state index contributed by atoms with van der Waals surface area (Å²) in [6.45, 7) is 5.85. The summed E-state index contributed by atoms with van der Waals surface area (Å²) in [4.78, 5) is 0. The van der Waals surface area contributed by atoms with E-state index in [9.17, 15) is 0 Å². The van der Waals surface area contributed by atoms with Gasteiger partial charge in [-0.2, -0.15) is 0 Å². The molecule has 3 nitrogen and oxygen atoms in total. The maximum atomic E-state index is 8.82. The van der Waals surface area contributed by atoms with Gasteiger partial charge in [-0.3, -0.25) is 5.32 Å². The number of aliphatic hydroxyl groups is 1. The van der Waals surface area contributed by atoms with Gasteiger partial charge < -0.3 is 9.84 Å². The van der Waals surface area contributed by atoms with E-state index in [1.165, 1.54) is 0 Å². The van der Waals surface area contributed by atoms with Crippen LogP contribution in [0.5, 0.6) is 0 Å². The van der Waals surface area contributed by atoms with Crippen LogP contribution in [0.3, 0.4) is 0 Å². The van der Waals surface area contributed by atoms with Crippen LogP contribution in [0.25, 0.3) is 0 Å². The number of ether oxygens (including phenoxy) is 1. The SMILES string of the molecule is COC(C)NC(C)(C)CO. The van der Waals surface area contributed by atoms with Crippen LogP contribution < -0.4 is 5.32 Å². The van der Waals surface area contributed by atoms with Crippen molar-refractivity contribution in [1.82, 2.24) is 5.32 Å². The third kappa shape index (κ3) is 3.82. The predicted molar refractivity (Wildman–Crippen MR) is 40.8 cm³/mol. The van der Waals surface area contributed by atoms with Gasteiger partial charge in [0.1, 0.15) is 6.23 Å². The van der Waals surface area contributed by atoms with Gasteiger partial charge in [-0.25, -0.2) is 0 Å². The summed E-state index contributed by atoms with van der Waals surface area (Å²) in [6.07, 6.45) is -0.0119. The van der Waals surface area contributed by atoms with E-state index in [2.05, 4.69) is 5.32 Å². The molecule has 0 bridgehead atoms. The summed E-state index contributed by atoms with van der Waals surface area (Å²) in [5.74, 6) is 0. The first-order valence-corrected chi connectivity index (χ1v) is 3.43. The van der Waals surface area contributed by atoms with Crippen molar-refractivity contribution in [3.8, 4) is 0 Å². The van der Waals surface area contributed by atoms with Crippen molar-refractivity contribution in [3.05, 3.63) is 0 Å². The van der Waals surface area contributed by atoms with Crippen LogP contribution in [0.2, 0.25) is 0 Å². The normalized spacial score (nSPS) is 15.3. The lowest BCUT2D eigenvalue weighted by atomic mass is 10.1. The van der Waals surface area contributed by atoms with Gasteiger partial charge in [0, 0.05) is 12.6 Å². The lowest BCUT2D eigenvalue weighted by Gasteiger charge is -2.27. The number of hydrogen-bond acceptors (Lipinski definition) is 3. The topological polar surface area (TPSA) is 41.5 Å². The quantitative estimate of drug-likeness (QED) is 0.563. The monoisotopic (exact) mass is 147 g/mol. The fraction of sp³-hybridized carbons (Fsp3) is 1.00. The highest BCUT2D eigenvalue weighted by Gasteiger charge is 2.17. The Labute approximate surface area is 62.4 Å². The fourth-order valence-electron chi connectivity index (χ4n) is 0.655. The average Bonchev–Trinajstić information content (AvgIpc) is 1.87. The molecule has 0 aliphatic heterocycles. The predicted octanol–water partition coefficient (Wildman–Crippen LogP) is 0.339. The van der Waals surface area contributed by atoms with Gasteiger partial charge in [0.15, 0.2) is 0 Å². The minimum absolute atomic E-state index is 0.0119. The molecule has 3 heteroatoms. The maximum Gasteiger partial charge on any atom is 0.105 e. The van der Waals surface area contributed by atoms with Crippen molar-refractivity contribution in [2.24, 2.45) is 0 Å². The molecular weight excluding hydrogens is 130 g/mol. The van der Waals surface area contributed by atoms with Gasteiger partial charge in [0.05, 0.1) is 6.61 Å². The molecule has 0 spiro atoms. The molecule has 1 unspecified atom stereocenters. The molecule has 62 valence electrons. The molecule has 0 saturated heterocycles. The smallest absolute Gasteiger partial charge is 0.105 e. The van der Waals surface area contributed by atoms with Crippen LogP contribution in [0.4, 0.5) is 0 Å². The van der Waals surface area contributed by atoms with Gasteiger partial charge in [0.25, 0.3) is 0 Å². The number of hydrogen-bond donors (Lipinski definition) is 2. The van der Waals surface area contributed by atoms with E-state index in [0.29, 0.717) is 0 Å². The summed E-state index contributed by atoms with van der Waals surface area (Å²) in [7, 11) is 1.63. The highest BCUT2D eigenvalue weighted by atomic mass is 16.5. The summed E-state index contributed by atoms with van der Waals surface area (Å²) < 4.78 is 4.97. The minimum atomic E-state index is -0.255. The van der Waals surface area contributed by atoms with Crippen molar-refractivity contribution < 1.29 is 9.84 Å². The van der Waals surface area contributed by atoms with Crippen molar-refractivity contribution in [2.75, 3.05) is 13.7 Å². The molecule has 0 aromatic heterocycles. The Morgan fingerprint density at radius 3 is 2.40 bits per heavy atom. The Morgan fingerprint density at radius 2 is 2.10 bits per heavy atom. The van der Waals surface area contributed by atoms with Crippen LogP contribution >= 0.6 is 0 Å². The standard InChI is InChI=1S/C7H17NO2/c1-6(10-4)8-7(2,3)5-9/h6,8-9H,5H2,1-4H3. The van der Waals surface area contributed by atoms with E-state index in [-0.39, 0.29) is 18.4 Å². The Kier molecular flexibility index (Phi) is 3.86. The first-order valence-electron chi connectivity index (χ1n) is 3.43. The molecular formula is C7H17NO2. The Morgan fingerprint density at radius 1 is 1.60 bits per heavy atom. The largest absolute Gasteiger partial charge is 0.394 e. The molecule has 0 aromatic carbocycles. The highest BCUT2D eigenvalue weighted by Crippen LogP contribution is 2.01. The van der Waals surface area contributed by atoms with Crippen LogP contribution in [0.1, 0.15) is 20.8 Å². The zero-order valence-electron chi connectivity index (χ0n) is 7.14. The first kappa shape index (κ1) is 9.88. The molecule has 0 radical (unpaired) electrons. The second kappa shape index (κ2) is 3.91. The van der Waals surface area contributed by atoms with Gasteiger partial charge in [-0.05, 0) is 20.8 Å². The lowest BCUT2D eigenvalue weighted by molar-refractivity contribution is 0.0465. The molecule has 0 fully saturated rings. The Bertz CT molecular complexity index is 93.6. The van der Waals surface area contributed by atoms with E-state index in [1.807, 2.05) is 20.8 Å². The molecule has 0 amide bonds. The first-order chi connectivity index (χ1) is 4.52. The molecule has 0 rings (SSSR count). The number of aliphatic hydroxyl groups excluding tert-OH is 1. The Balaban J connectivity index is 3.64. The molecule has 0 aliphatic rings. The molecule has 1 atom stereocenters. The van der Waals surface area contributed by atoms with Crippen molar-refractivity contribution in [2.45, 2.75) is 32.5 Å². The van der Waals surface area contributed by atoms with E-state index < -0.39 is 0 Å². The van der Waals surface area contributed by atoms with Gasteiger partial charge in [-0.1, -0.05) is 0 Å². The van der Waals surface area contributed by atoms with E-state index in [1.54, 1.807) is 7.11 Å². The van der Waals surface area contributed by atoms with Crippen LogP contribution in [0, 0.1) is 0 Å². The number of nitrogens with one attached hydrogen (secondary N) is 1. The molecule has 0 aliphatic carbocycles.